The van der Waals surface area contributed by atoms with Gasteiger partial charge in [-0.05, 0) is 41.5 Å². The second kappa shape index (κ2) is 6.00. The van der Waals surface area contributed by atoms with Crippen LogP contribution in [0.15, 0.2) is 80.3 Å². The van der Waals surface area contributed by atoms with Crippen LogP contribution in [0.25, 0.3) is 11.8 Å². The molecule has 134 valence electrons. The predicted molar refractivity (Wildman–Crippen MR) is 112 cm³/mol. The molecule has 0 unspecified atom stereocenters. The minimum atomic E-state index is -0.868. The number of allylic oxidation sites excluding steroid dienone is 3. The SMILES string of the molecule is C=C/C=C(\C=C)N1C=Cc2ccc([C@@]3(N)Nc4ccnc(N)c43)cc2C1=C. The molecule has 1 atom stereocenters. The zero-order chi connectivity index (χ0) is 19.2. The largest absolute Gasteiger partial charge is 0.383 e. The van der Waals surface area contributed by atoms with Crippen LogP contribution in [0.1, 0.15) is 22.3 Å². The molecule has 0 bridgehead atoms. The predicted octanol–water partition coefficient (Wildman–Crippen LogP) is 3.76. The normalized spacial score (nSPS) is 20.3. The van der Waals surface area contributed by atoms with E-state index in [9.17, 15) is 0 Å². The maximum absolute atomic E-state index is 6.65. The lowest BCUT2D eigenvalue weighted by Crippen LogP contribution is -2.53. The third-order valence-corrected chi connectivity index (χ3v) is 5.00. The molecule has 2 aromatic rings. The van der Waals surface area contributed by atoms with Crippen LogP contribution in [0.3, 0.4) is 0 Å². The van der Waals surface area contributed by atoms with Gasteiger partial charge in [-0.1, -0.05) is 37.9 Å². The van der Waals surface area contributed by atoms with E-state index in [1.54, 1.807) is 18.3 Å². The van der Waals surface area contributed by atoms with Gasteiger partial charge in [-0.2, -0.15) is 0 Å². The van der Waals surface area contributed by atoms with Gasteiger partial charge in [0, 0.05) is 35.0 Å². The molecule has 1 aromatic heterocycles. The maximum atomic E-state index is 6.65. The van der Waals surface area contributed by atoms with Gasteiger partial charge >= 0.3 is 0 Å². The lowest BCUT2D eigenvalue weighted by Gasteiger charge is -2.43. The van der Waals surface area contributed by atoms with Gasteiger partial charge in [0.05, 0.1) is 5.56 Å². The molecule has 0 saturated carbocycles. The summed E-state index contributed by atoms with van der Waals surface area (Å²) in [7, 11) is 0. The van der Waals surface area contributed by atoms with Crippen molar-refractivity contribution in [3.8, 4) is 0 Å². The van der Waals surface area contributed by atoms with E-state index in [0.717, 1.165) is 39.3 Å². The minimum absolute atomic E-state index is 0.440. The number of benzene rings is 1. The van der Waals surface area contributed by atoms with E-state index < -0.39 is 5.66 Å². The average molecular weight is 355 g/mol. The van der Waals surface area contributed by atoms with Crippen molar-refractivity contribution in [3.05, 3.63) is 103 Å². The molecule has 3 heterocycles. The number of rotatable bonds is 4. The number of hydrogen-bond donors (Lipinski definition) is 3. The van der Waals surface area contributed by atoms with Crippen LogP contribution in [-0.2, 0) is 5.66 Å². The fraction of sp³-hybridized carbons (Fsp3) is 0.0455. The van der Waals surface area contributed by atoms with Crippen LogP contribution in [0.4, 0.5) is 11.5 Å². The zero-order valence-electron chi connectivity index (χ0n) is 14.9. The first-order valence-corrected chi connectivity index (χ1v) is 8.58. The molecule has 5 N–H and O–H groups in total. The molecule has 4 rings (SSSR count). The third kappa shape index (κ3) is 2.40. The third-order valence-electron chi connectivity index (χ3n) is 5.00. The average Bonchev–Trinajstić information content (AvgIpc) is 2.65. The Morgan fingerprint density at radius 1 is 1.26 bits per heavy atom. The van der Waals surface area contributed by atoms with E-state index in [2.05, 4.69) is 30.0 Å². The summed E-state index contributed by atoms with van der Waals surface area (Å²) in [6.45, 7) is 11.9. The van der Waals surface area contributed by atoms with Crippen molar-refractivity contribution in [2.75, 3.05) is 11.1 Å². The number of aromatic nitrogens is 1. The zero-order valence-corrected chi connectivity index (χ0v) is 14.9. The standard InChI is InChI=1S/C22H21N5/c1-4-6-17(5-2)27-12-10-15-7-8-16(13-18(15)14(27)3)22(24)20-19(26-22)9-11-25-21(20)23/h4-13,26H,1-3,24H2,(H2,23,25)/b17-6+/t22-/m1/s1. The fourth-order valence-corrected chi connectivity index (χ4v) is 3.61. The quantitative estimate of drug-likeness (QED) is 0.728. The number of nitrogens with two attached hydrogens (primary N) is 2. The summed E-state index contributed by atoms with van der Waals surface area (Å²) in [5, 5.41) is 3.30. The number of hydrogen-bond acceptors (Lipinski definition) is 5. The molecule has 0 radical (unpaired) electrons. The summed E-state index contributed by atoms with van der Waals surface area (Å²) in [4.78, 5) is 6.15. The molecule has 0 fully saturated rings. The van der Waals surface area contributed by atoms with E-state index in [0.29, 0.717) is 5.82 Å². The van der Waals surface area contributed by atoms with Crippen molar-refractivity contribution in [3.63, 3.8) is 0 Å². The highest BCUT2D eigenvalue weighted by Crippen LogP contribution is 2.45. The highest BCUT2D eigenvalue weighted by Gasteiger charge is 2.43. The topological polar surface area (TPSA) is 80.2 Å². The summed E-state index contributed by atoms with van der Waals surface area (Å²) in [5.74, 6) is 0.440. The highest BCUT2D eigenvalue weighted by atomic mass is 15.2. The second-order valence-electron chi connectivity index (χ2n) is 6.52. The number of nitrogens with one attached hydrogen (secondary N) is 1. The van der Waals surface area contributed by atoms with Gasteiger partial charge in [-0.3, -0.25) is 0 Å². The van der Waals surface area contributed by atoms with Crippen LogP contribution in [-0.4, -0.2) is 9.88 Å². The molecule has 0 amide bonds. The van der Waals surface area contributed by atoms with Gasteiger partial charge in [-0.15, -0.1) is 0 Å². The fourth-order valence-electron chi connectivity index (χ4n) is 3.61. The lowest BCUT2D eigenvalue weighted by atomic mass is 9.82. The molecule has 0 spiro atoms. The summed E-state index contributed by atoms with van der Waals surface area (Å²) in [6.07, 6.45) is 11.1. The van der Waals surface area contributed by atoms with Crippen molar-refractivity contribution < 1.29 is 0 Å². The Hall–Kier alpha value is -3.57. The molecular formula is C22H21N5. The number of anilines is 2. The molecule has 2 aliphatic rings. The van der Waals surface area contributed by atoms with Crippen molar-refractivity contribution in [1.82, 2.24) is 9.88 Å². The van der Waals surface area contributed by atoms with Gasteiger partial charge in [0.25, 0.3) is 0 Å². The number of pyridine rings is 1. The first-order valence-electron chi connectivity index (χ1n) is 8.58. The van der Waals surface area contributed by atoms with Crippen molar-refractivity contribution in [1.29, 1.82) is 0 Å². The van der Waals surface area contributed by atoms with Crippen LogP contribution in [0, 0.1) is 0 Å². The Kier molecular flexibility index (Phi) is 3.75. The number of nitrogen functional groups attached to an aromatic ring is 1. The van der Waals surface area contributed by atoms with Gasteiger partial charge in [0.15, 0.2) is 0 Å². The van der Waals surface area contributed by atoms with Crippen molar-refractivity contribution in [2.45, 2.75) is 5.66 Å². The minimum Gasteiger partial charge on any atom is -0.383 e. The van der Waals surface area contributed by atoms with Crippen molar-refractivity contribution >= 4 is 23.3 Å². The molecule has 1 aromatic carbocycles. The Morgan fingerprint density at radius 2 is 2.07 bits per heavy atom. The smallest absolute Gasteiger partial charge is 0.144 e. The Labute approximate surface area is 158 Å². The van der Waals surface area contributed by atoms with E-state index in [1.165, 1.54) is 0 Å². The Bertz CT molecular complexity index is 1030. The number of nitrogens with zero attached hydrogens (tertiary/aromatic N) is 2. The maximum Gasteiger partial charge on any atom is 0.144 e. The van der Waals surface area contributed by atoms with Crippen LogP contribution >= 0.6 is 0 Å². The van der Waals surface area contributed by atoms with E-state index in [4.69, 9.17) is 11.5 Å². The summed E-state index contributed by atoms with van der Waals surface area (Å²) in [6, 6.07) is 7.96. The highest BCUT2D eigenvalue weighted by molar-refractivity contribution is 5.81. The molecule has 27 heavy (non-hydrogen) atoms. The Balaban J connectivity index is 1.77. The van der Waals surface area contributed by atoms with Crippen LogP contribution in [0.2, 0.25) is 0 Å². The first-order chi connectivity index (χ1) is 13.0. The lowest BCUT2D eigenvalue weighted by molar-refractivity contribution is 0.575. The molecule has 5 heteroatoms. The molecule has 0 saturated heterocycles. The molecule has 0 aliphatic carbocycles. The summed E-state index contributed by atoms with van der Waals surface area (Å²) >= 11 is 0. The van der Waals surface area contributed by atoms with Gasteiger partial charge in [0.1, 0.15) is 11.5 Å². The van der Waals surface area contributed by atoms with Crippen molar-refractivity contribution in [2.24, 2.45) is 5.73 Å². The molecular weight excluding hydrogens is 334 g/mol. The number of fused-ring (bicyclic) bond motifs is 2. The second-order valence-corrected chi connectivity index (χ2v) is 6.52. The van der Waals surface area contributed by atoms with E-state index >= 15 is 0 Å². The van der Waals surface area contributed by atoms with E-state index in [-0.39, 0.29) is 0 Å². The Morgan fingerprint density at radius 3 is 2.78 bits per heavy atom. The van der Waals surface area contributed by atoms with Gasteiger partial charge < -0.3 is 21.7 Å². The van der Waals surface area contributed by atoms with Crippen LogP contribution in [0.5, 0.6) is 0 Å². The van der Waals surface area contributed by atoms with Crippen LogP contribution < -0.4 is 16.8 Å². The van der Waals surface area contributed by atoms with Gasteiger partial charge in [-0.25, -0.2) is 4.98 Å². The van der Waals surface area contributed by atoms with E-state index in [1.807, 2.05) is 47.5 Å². The first kappa shape index (κ1) is 16.9. The molecule has 5 nitrogen and oxygen atoms in total. The summed E-state index contributed by atoms with van der Waals surface area (Å²) in [5.41, 5.74) is 18.3. The monoisotopic (exact) mass is 355 g/mol. The summed E-state index contributed by atoms with van der Waals surface area (Å²) < 4.78 is 0. The molecule has 2 aliphatic heterocycles. The van der Waals surface area contributed by atoms with Gasteiger partial charge in [0.2, 0.25) is 0 Å².